The Hall–Kier alpha value is -2.78. The molecule has 3 aromatic rings. The molecule has 0 spiro atoms. The number of ether oxygens (including phenoxy) is 1. The van der Waals surface area contributed by atoms with Gasteiger partial charge in [-0.25, -0.2) is 0 Å². The molecule has 3 heteroatoms. The molecule has 3 aromatic carbocycles. The van der Waals surface area contributed by atoms with Gasteiger partial charge in [0.25, 0.3) is 0 Å². The predicted octanol–water partition coefficient (Wildman–Crippen LogP) is 5.73. The van der Waals surface area contributed by atoms with Crippen LogP contribution in [0.25, 0.3) is 0 Å². The zero-order chi connectivity index (χ0) is 21.0. The molecule has 2 aliphatic rings. The first-order chi connectivity index (χ1) is 15.3. The van der Waals surface area contributed by atoms with Crippen LogP contribution in [-0.2, 0) is 6.42 Å². The molecule has 0 radical (unpaired) electrons. The van der Waals surface area contributed by atoms with Gasteiger partial charge >= 0.3 is 0 Å². The Kier molecular flexibility index (Phi) is 5.95. The van der Waals surface area contributed by atoms with E-state index < -0.39 is 0 Å². The maximum atomic E-state index is 10.1. The minimum atomic E-state index is 0.217. The molecule has 160 valence electrons. The molecule has 1 aliphatic carbocycles. The second kappa shape index (κ2) is 9.15. The highest BCUT2D eigenvalue weighted by Gasteiger charge is 2.33. The van der Waals surface area contributed by atoms with Gasteiger partial charge in [0.1, 0.15) is 18.1 Å². The first-order valence-corrected chi connectivity index (χ1v) is 11.6. The quantitative estimate of drug-likeness (QED) is 0.560. The summed E-state index contributed by atoms with van der Waals surface area (Å²) in [7, 11) is 0. The van der Waals surface area contributed by atoms with Crippen LogP contribution >= 0.6 is 0 Å². The van der Waals surface area contributed by atoms with Crippen LogP contribution in [0.15, 0.2) is 72.8 Å². The second-order valence-electron chi connectivity index (χ2n) is 8.85. The van der Waals surface area contributed by atoms with Crippen LogP contribution in [0.4, 0.5) is 0 Å². The van der Waals surface area contributed by atoms with E-state index in [4.69, 9.17) is 4.74 Å². The first-order valence-electron chi connectivity index (χ1n) is 11.6. The molecule has 0 amide bonds. The summed E-state index contributed by atoms with van der Waals surface area (Å²) in [5.41, 5.74) is 5.19. The van der Waals surface area contributed by atoms with Crippen LogP contribution in [0.3, 0.4) is 0 Å². The number of hydrogen-bond acceptors (Lipinski definition) is 3. The molecule has 1 heterocycles. The number of rotatable bonds is 6. The molecule has 1 aliphatic heterocycles. The van der Waals surface area contributed by atoms with Gasteiger partial charge in [0.2, 0.25) is 0 Å². The SMILES string of the molecule is Oc1ccc2c(c1)CC[C@H](c1ccccc1)[C@@H]2c1ccccc1OCCN1CCCC1. The number of fused-ring (bicyclic) bond motifs is 1. The Balaban J connectivity index is 1.49. The molecule has 0 saturated carbocycles. The fourth-order valence-electron chi connectivity index (χ4n) is 5.41. The van der Waals surface area contributed by atoms with E-state index in [-0.39, 0.29) is 5.92 Å². The van der Waals surface area contributed by atoms with Gasteiger partial charge in [-0.2, -0.15) is 0 Å². The van der Waals surface area contributed by atoms with Crippen molar-refractivity contribution in [2.24, 2.45) is 0 Å². The third-order valence-corrected chi connectivity index (χ3v) is 6.93. The van der Waals surface area contributed by atoms with Crippen molar-refractivity contribution in [3.63, 3.8) is 0 Å². The average Bonchev–Trinajstić information content (AvgIpc) is 3.33. The van der Waals surface area contributed by atoms with Crippen LogP contribution in [0.1, 0.15) is 53.4 Å². The van der Waals surface area contributed by atoms with Crippen molar-refractivity contribution in [1.82, 2.24) is 4.90 Å². The Labute approximate surface area is 185 Å². The number of benzene rings is 3. The Bertz CT molecular complexity index is 1010. The summed E-state index contributed by atoms with van der Waals surface area (Å²) in [4.78, 5) is 2.49. The molecule has 0 unspecified atom stereocenters. The van der Waals surface area contributed by atoms with E-state index in [1.54, 1.807) is 0 Å². The zero-order valence-electron chi connectivity index (χ0n) is 18.0. The third-order valence-electron chi connectivity index (χ3n) is 6.93. The number of para-hydroxylation sites is 1. The van der Waals surface area contributed by atoms with E-state index in [9.17, 15) is 5.11 Å². The van der Waals surface area contributed by atoms with E-state index in [2.05, 4.69) is 65.6 Å². The van der Waals surface area contributed by atoms with Crippen molar-refractivity contribution < 1.29 is 9.84 Å². The highest BCUT2D eigenvalue weighted by atomic mass is 16.5. The molecule has 1 fully saturated rings. The molecule has 0 aromatic heterocycles. The van der Waals surface area contributed by atoms with E-state index >= 15 is 0 Å². The lowest BCUT2D eigenvalue weighted by Crippen LogP contribution is -2.26. The molecule has 3 nitrogen and oxygen atoms in total. The molecule has 0 bridgehead atoms. The van der Waals surface area contributed by atoms with Gasteiger partial charge in [0, 0.05) is 18.0 Å². The van der Waals surface area contributed by atoms with Crippen LogP contribution < -0.4 is 4.74 Å². The van der Waals surface area contributed by atoms with E-state index in [0.717, 1.165) is 31.7 Å². The zero-order valence-corrected chi connectivity index (χ0v) is 18.0. The average molecular weight is 414 g/mol. The standard InChI is InChI=1S/C28H31NO2/c30-23-13-15-25-22(20-23)12-14-24(21-8-2-1-3-9-21)28(25)26-10-4-5-11-27(26)31-19-18-29-16-6-7-17-29/h1-5,8-11,13,15,20,24,28,30H,6-7,12,14,16-19H2/t24-,28+/m1/s1. The van der Waals surface area contributed by atoms with Crippen LogP contribution in [0, 0.1) is 0 Å². The number of phenols is 1. The van der Waals surface area contributed by atoms with Gasteiger partial charge in [-0.3, -0.25) is 4.90 Å². The molecular formula is C28H31NO2. The summed E-state index contributed by atoms with van der Waals surface area (Å²) in [5, 5.41) is 10.1. The fourth-order valence-corrected chi connectivity index (χ4v) is 5.41. The number of likely N-dealkylation sites (tertiary alicyclic amines) is 1. The number of aromatic hydroxyl groups is 1. The minimum absolute atomic E-state index is 0.217. The van der Waals surface area contributed by atoms with Crippen LogP contribution in [0.5, 0.6) is 11.5 Å². The Morgan fingerprint density at radius 2 is 1.65 bits per heavy atom. The normalized spacial score (nSPS) is 21.0. The molecule has 1 saturated heterocycles. The summed E-state index contributed by atoms with van der Waals surface area (Å²) in [6.45, 7) is 4.11. The number of nitrogens with zero attached hydrogens (tertiary/aromatic N) is 1. The lowest BCUT2D eigenvalue weighted by molar-refractivity contribution is 0.235. The van der Waals surface area contributed by atoms with Gasteiger partial charge in [-0.05, 0) is 79.6 Å². The van der Waals surface area contributed by atoms with Crippen molar-refractivity contribution in [1.29, 1.82) is 0 Å². The van der Waals surface area contributed by atoms with Crippen molar-refractivity contribution >= 4 is 0 Å². The van der Waals surface area contributed by atoms with Crippen molar-refractivity contribution in [3.05, 3.63) is 95.1 Å². The molecule has 31 heavy (non-hydrogen) atoms. The van der Waals surface area contributed by atoms with Crippen molar-refractivity contribution in [3.8, 4) is 11.5 Å². The second-order valence-corrected chi connectivity index (χ2v) is 8.85. The molecule has 2 atom stereocenters. The van der Waals surface area contributed by atoms with Gasteiger partial charge in [0.05, 0.1) is 0 Å². The maximum Gasteiger partial charge on any atom is 0.123 e. The van der Waals surface area contributed by atoms with Gasteiger partial charge in [-0.15, -0.1) is 0 Å². The number of phenolic OH excluding ortho intramolecular Hbond substituents is 1. The summed E-state index contributed by atoms with van der Waals surface area (Å²) in [6, 6.07) is 25.3. The summed E-state index contributed by atoms with van der Waals surface area (Å²) < 4.78 is 6.38. The van der Waals surface area contributed by atoms with Crippen molar-refractivity contribution in [2.75, 3.05) is 26.2 Å². The summed E-state index contributed by atoms with van der Waals surface area (Å²) >= 11 is 0. The van der Waals surface area contributed by atoms with Crippen LogP contribution in [0.2, 0.25) is 0 Å². The Morgan fingerprint density at radius 3 is 2.48 bits per heavy atom. The molecule has 1 N–H and O–H groups in total. The monoisotopic (exact) mass is 413 g/mol. The number of hydrogen-bond donors (Lipinski definition) is 1. The fraction of sp³-hybridized carbons (Fsp3) is 0.357. The summed E-state index contributed by atoms with van der Waals surface area (Å²) in [5.74, 6) is 1.95. The molecular weight excluding hydrogens is 382 g/mol. The third kappa shape index (κ3) is 4.33. The first kappa shape index (κ1) is 20.1. The van der Waals surface area contributed by atoms with Gasteiger partial charge in [0.15, 0.2) is 0 Å². The largest absolute Gasteiger partial charge is 0.508 e. The number of aryl methyl sites for hydroxylation is 1. The lowest BCUT2D eigenvalue weighted by Gasteiger charge is -2.35. The minimum Gasteiger partial charge on any atom is -0.508 e. The summed E-state index contributed by atoms with van der Waals surface area (Å²) in [6.07, 6.45) is 4.66. The maximum absolute atomic E-state index is 10.1. The van der Waals surface area contributed by atoms with Gasteiger partial charge < -0.3 is 9.84 Å². The van der Waals surface area contributed by atoms with Crippen LogP contribution in [-0.4, -0.2) is 36.2 Å². The highest BCUT2D eigenvalue weighted by Crippen LogP contribution is 2.49. The van der Waals surface area contributed by atoms with Gasteiger partial charge in [-0.1, -0.05) is 54.6 Å². The topological polar surface area (TPSA) is 32.7 Å². The highest BCUT2D eigenvalue weighted by molar-refractivity contribution is 5.51. The van der Waals surface area contributed by atoms with Crippen molar-refractivity contribution in [2.45, 2.75) is 37.5 Å². The van der Waals surface area contributed by atoms with E-state index in [0.29, 0.717) is 11.7 Å². The van der Waals surface area contributed by atoms with E-state index in [1.807, 2.05) is 12.1 Å². The predicted molar refractivity (Wildman–Crippen MR) is 125 cm³/mol. The molecule has 5 rings (SSSR count). The van der Waals surface area contributed by atoms with E-state index in [1.165, 1.54) is 48.2 Å². The lowest BCUT2D eigenvalue weighted by atomic mass is 9.69. The smallest absolute Gasteiger partial charge is 0.123 e. The Morgan fingerprint density at radius 1 is 0.871 bits per heavy atom.